The van der Waals surface area contributed by atoms with Gasteiger partial charge in [0.1, 0.15) is 5.82 Å². The Hall–Kier alpha value is -3.29. The van der Waals surface area contributed by atoms with E-state index in [4.69, 9.17) is 9.47 Å². The van der Waals surface area contributed by atoms with E-state index < -0.39 is 0 Å². The highest BCUT2D eigenvalue weighted by Gasteiger charge is 2.22. The molecule has 0 unspecified atom stereocenters. The Morgan fingerprint density at radius 3 is 2.37 bits per heavy atom. The van der Waals surface area contributed by atoms with Gasteiger partial charge in [0.15, 0.2) is 11.5 Å². The number of methoxy groups -OCH3 is 2. The number of benzene rings is 2. The maximum Gasteiger partial charge on any atom is 0.317 e. The van der Waals surface area contributed by atoms with E-state index in [1.807, 2.05) is 12.1 Å². The lowest BCUT2D eigenvalue weighted by Gasteiger charge is -2.29. The summed E-state index contributed by atoms with van der Waals surface area (Å²) in [5.74, 6) is 0.822. The van der Waals surface area contributed by atoms with E-state index in [0.717, 1.165) is 23.1 Å². The largest absolute Gasteiger partial charge is 0.493 e. The maximum absolute atomic E-state index is 12.9. The van der Waals surface area contributed by atoms with Gasteiger partial charge in [0.2, 0.25) is 5.91 Å². The summed E-state index contributed by atoms with van der Waals surface area (Å²) in [6.45, 7) is 1.62. The highest BCUT2D eigenvalue weighted by Crippen LogP contribution is 2.33. The van der Waals surface area contributed by atoms with Crippen LogP contribution in [0.5, 0.6) is 11.5 Å². The summed E-state index contributed by atoms with van der Waals surface area (Å²) in [6, 6.07) is 9.59. The van der Waals surface area contributed by atoms with Gasteiger partial charge < -0.3 is 25.0 Å². The molecule has 0 spiro atoms. The molecule has 160 valence electrons. The molecular formula is C22H26FN3O4. The van der Waals surface area contributed by atoms with Gasteiger partial charge in [-0.2, -0.15) is 0 Å². The van der Waals surface area contributed by atoms with Crippen molar-refractivity contribution in [2.24, 2.45) is 0 Å². The zero-order valence-electron chi connectivity index (χ0n) is 17.2. The van der Waals surface area contributed by atoms with Crippen LogP contribution in [-0.2, 0) is 24.3 Å². The Balaban J connectivity index is 1.44. The smallest absolute Gasteiger partial charge is 0.317 e. The highest BCUT2D eigenvalue weighted by molar-refractivity contribution is 5.78. The lowest BCUT2D eigenvalue weighted by atomic mass is 9.99. The minimum atomic E-state index is -0.314. The zero-order chi connectivity index (χ0) is 21.5. The molecule has 0 bridgehead atoms. The summed E-state index contributed by atoms with van der Waals surface area (Å²) < 4.78 is 23.6. The van der Waals surface area contributed by atoms with Gasteiger partial charge >= 0.3 is 6.03 Å². The number of halogens is 1. The molecule has 1 heterocycles. The Morgan fingerprint density at radius 1 is 1.03 bits per heavy atom. The third-order valence-electron chi connectivity index (χ3n) is 5.04. The number of carbonyl (C=O) groups excluding carboxylic acids is 2. The fraction of sp³-hybridized carbons (Fsp3) is 0.364. The summed E-state index contributed by atoms with van der Waals surface area (Å²) in [5.41, 5.74) is 2.97. The minimum absolute atomic E-state index is 0.169. The van der Waals surface area contributed by atoms with Crippen molar-refractivity contribution in [1.29, 1.82) is 0 Å². The highest BCUT2D eigenvalue weighted by atomic mass is 19.1. The number of hydrogen-bond donors (Lipinski definition) is 2. The van der Waals surface area contributed by atoms with Crippen molar-refractivity contribution in [2.45, 2.75) is 25.9 Å². The van der Waals surface area contributed by atoms with Crippen LogP contribution in [0.2, 0.25) is 0 Å². The number of rotatable bonds is 7. The van der Waals surface area contributed by atoms with Gasteiger partial charge in [-0.1, -0.05) is 12.1 Å². The minimum Gasteiger partial charge on any atom is -0.493 e. The van der Waals surface area contributed by atoms with Crippen molar-refractivity contribution in [3.63, 3.8) is 0 Å². The molecule has 0 saturated carbocycles. The first kappa shape index (κ1) is 21.4. The second kappa shape index (κ2) is 9.96. The van der Waals surface area contributed by atoms with Crippen LogP contribution >= 0.6 is 0 Å². The number of hydrogen-bond acceptors (Lipinski definition) is 4. The summed E-state index contributed by atoms with van der Waals surface area (Å²) in [6.07, 6.45) is 0.893. The van der Waals surface area contributed by atoms with Gasteiger partial charge in [-0.25, -0.2) is 9.18 Å². The predicted molar refractivity (Wildman–Crippen MR) is 110 cm³/mol. The van der Waals surface area contributed by atoms with E-state index in [1.54, 1.807) is 31.3 Å². The van der Waals surface area contributed by atoms with Gasteiger partial charge in [-0.05, 0) is 47.4 Å². The number of urea groups is 1. The standard InChI is InChI=1S/C22H26FN3O4/c1-29-19-11-16-8-10-26(14-17(16)12-20(19)30-2)22(28)24-9-7-21(27)25-13-15-3-5-18(23)6-4-15/h3-6,11-12H,7-10,13-14H2,1-2H3,(H,24,28)(H,25,27). The van der Waals surface area contributed by atoms with E-state index in [0.29, 0.717) is 31.1 Å². The molecule has 0 aliphatic carbocycles. The molecule has 30 heavy (non-hydrogen) atoms. The van der Waals surface area contributed by atoms with Crippen LogP contribution < -0.4 is 20.1 Å². The average molecular weight is 415 g/mol. The van der Waals surface area contributed by atoms with Gasteiger partial charge in [-0.15, -0.1) is 0 Å². The average Bonchev–Trinajstić information content (AvgIpc) is 2.77. The van der Waals surface area contributed by atoms with Crippen molar-refractivity contribution in [3.05, 3.63) is 58.9 Å². The van der Waals surface area contributed by atoms with Crippen LogP contribution in [0.15, 0.2) is 36.4 Å². The molecule has 1 aliphatic rings. The van der Waals surface area contributed by atoms with Crippen molar-refractivity contribution in [2.75, 3.05) is 27.3 Å². The predicted octanol–water partition coefficient (Wildman–Crippen LogP) is 2.62. The van der Waals surface area contributed by atoms with Crippen molar-refractivity contribution in [1.82, 2.24) is 15.5 Å². The van der Waals surface area contributed by atoms with Crippen LogP contribution in [0.1, 0.15) is 23.1 Å². The maximum atomic E-state index is 12.9. The van der Waals surface area contributed by atoms with Crippen molar-refractivity contribution < 1.29 is 23.5 Å². The van der Waals surface area contributed by atoms with E-state index in [2.05, 4.69) is 10.6 Å². The number of carbonyl (C=O) groups is 2. The summed E-state index contributed by atoms with van der Waals surface area (Å²) in [4.78, 5) is 26.1. The lowest BCUT2D eigenvalue weighted by molar-refractivity contribution is -0.121. The molecule has 0 aromatic heterocycles. The van der Waals surface area contributed by atoms with Crippen LogP contribution in [0.3, 0.4) is 0 Å². The van der Waals surface area contributed by atoms with Crippen molar-refractivity contribution in [3.8, 4) is 11.5 Å². The molecule has 0 fully saturated rings. The van der Waals surface area contributed by atoms with Crippen LogP contribution in [0, 0.1) is 5.82 Å². The fourth-order valence-corrected chi connectivity index (χ4v) is 3.34. The Morgan fingerprint density at radius 2 is 1.70 bits per heavy atom. The quantitative estimate of drug-likeness (QED) is 0.729. The summed E-state index contributed by atoms with van der Waals surface area (Å²) in [7, 11) is 3.18. The number of ether oxygens (including phenoxy) is 2. The van der Waals surface area contributed by atoms with Crippen molar-refractivity contribution >= 4 is 11.9 Å². The molecule has 0 radical (unpaired) electrons. The molecule has 2 aromatic rings. The first-order chi connectivity index (χ1) is 14.5. The van der Waals surface area contributed by atoms with Gasteiger partial charge in [0, 0.05) is 32.6 Å². The third kappa shape index (κ3) is 5.40. The third-order valence-corrected chi connectivity index (χ3v) is 5.04. The molecule has 0 atom stereocenters. The van der Waals surface area contributed by atoms with Gasteiger partial charge in [0.25, 0.3) is 0 Å². The first-order valence-corrected chi connectivity index (χ1v) is 9.78. The van der Waals surface area contributed by atoms with Gasteiger partial charge in [0.05, 0.1) is 14.2 Å². The van der Waals surface area contributed by atoms with Crippen LogP contribution in [0.25, 0.3) is 0 Å². The summed E-state index contributed by atoms with van der Waals surface area (Å²) >= 11 is 0. The number of fused-ring (bicyclic) bond motifs is 1. The van der Waals surface area contributed by atoms with Gasteiger partial charge in [-0.3, -0.25) is 4.79 Å². The van der Waals surface area contributed by atoms with E-state index in [1.165, 1.54) is 12.1 Å². The van der Waals surface area contributed by atoms with E-state index in [9.17, 15) is 14.0 Å². The molecular weight excluding hydrogens is 389 g/mol. The second-order valence-corrected chi connectivity index (χ2v) is 7.03. The molecule has 3 amide bonds. The zero-order valence-corrected chi connectivity index (χ0v) is 17.2. The molecule has 7 nitrogen and oxygen atoms in total. The number of nitrogens with one attached hydrogen (secondary N) is 2. The normalized spacial score (nSPS) is 12.7. The SMILES string of the molecule is COc1cc2c(cc1OC)CN(C(=O)NCCC(=O)NCc1ccc(F)cc1)CC2. The number of amides is 3. The summed E-state index contributed by atoms with van der Waals surface area (Å²) in [5, 5.41) is 5.55. The molecule has 8 heteroatoms. The molecule has 1 aliphatic heterocycles. The Kier molecular flexibility index (Phi) is 7.11. The monoisotopic (exact) mass is 415 g/mol. The van der Waals surface area contributed by atoms with E-state index >= 15 is 0 Å². The fourth-order valence-electron chi connectivity index (χ4n) is 3.34. The van der Waals surface area contributed by atoms with Crippen LogP contribution in [0.4, 0.5) is 9.18 Å². The molecule has 2 N–H and O–H groups in total. The number of nitrogens with zero attached hydrogens (tertiary/aromatic N) is 1. The second-order valence-electron chi connectivity index (χ2n) is 7.03. The topological polar surface area (TPSA) is 79.9 Å². The molecule has 3 rings (SSSR count). The van der Waals surface area contributed by atoms with E-state index in [-0.39, 0.29) is 30.7 Å². The Labute approximate surface area is 175 Å². The molecule has 2 aromatic carbocycles. The Bertz CT molecular complexity index is 902. The first-order valence-electron chi connectivity index (χ1n) is 9.78. The lowest BCUT2D eigenvalue weighted by Crippen LogP contribution is -2.43. The van der Waals surface area contributed by atoms with Crippen LogP contribution in [-0.4, -0.2) is 44.1 Å². The molecule has 0 saturated heterocycles.